The molecule has 0 aliphatic rings. The van der Waals surface area contributed by atoms with Crippen LogP contribution in [0.25, 0.3) is 0 Å². The molecule has 0 unspecified atom stereocenters. The van der Waals surface area contributed by atoms with Gasteiger partial charge in [0.2, 0.25) is 0 Å². The number of rotatable bonds is 18. The predicted octanol–water partition coefficient (Wildman–Crippen LogP) is 5.55. The van der Waals surface area contributed by atoms with Crippen molar-refractivity contribution >= 4 is 0 Å². The summed E-state index contributed by atoms with van der Waals surface area (Å²) in [6.45, 7) is 2.25. The van der Waals surface area contributed by atoms with Gasteiger partial charge in [-0.2, -0.15) is 0 Å². The second-order valence-corrected chi connectivity index (χ2v) is 7.08. The number of aliphatic hydroxyl groups is 2. The molecule has 0 atom stereocenters. The number of hydrogen-bond donors (Lipinski definition) is 2. The number of nitro groups is 1. The average molecular weight is 346 g/mol. The monoisotopic (exact) mass is 345 g/mol. The molecule has 24 heavy (non-hydrogen) atoms. The smallest absolute Gasteiger partial charge is 0.307 e. The van der Waals surface area contributed by atoms with Crippen molar-refractivity contribution in [2.24, 2.45) is 0 Å². The molecular weight excluding hydrogens is 306 g/mol. The summed E-state index contributed by atoms with van der Waals surface area (Å²) in [6, 6.07) is 0. The molecule has 0 spiro atoms. The average Bonchev–Trinajstić information content (AvgIpc) is 2.54. The molecule has 0 aliphatic carbocycles. The summed E-state index contributed by atoms with van der Waals surface area (Å²) in [5, 5.41) is 28.4. The first-order valence-corrected chi connectivity index (χ1v) is 10.1. The van der Waals surface area contributed by atoms with Gasteiger partial charge in [0.05, 0.1) is 11.3 Å². The Morgan fingerprint density at radius 2 is 0.958 bits per heavy atom. The van der Waals surface area contributed by atoms with E-state index in [1.54, 1.807) is 0 Å². The molecule has 0 aliphatic heterocycles. The van der Waals surface area contributed by atoms with Crippen molar-refractivity contribution in [3.8, 4) is 0 Å². The van der Waals surface area contributed by atoms with E-state index in [1.165, 1.54) is 77.0 Å². The molecular formula is C19H39NO4. The van der Waals surface area contributed by atoms with Crippen molar-refractivity contribution in [3.05, 3.63) is 10.1 Å². The van der Waals surface area contributed by atoms with E-state index >= 15 is 0 Å². The first-order valence-electron chi connectivity index (χ1n) is 10.1. The van der Waals surface area contributed by atoms with Crippen molar-refractivity contribution in [3.63, 3.8) is 0 Å². The van der Waals surface area contributed by atoms with E-state index in [2.05, 4.69) is 6.92 Å². The predicted molar refractivity (Wildman–Crippen MR) is 98.3 cm³/mol. The van der Waals surface area contributed by atoms with E-state index < -0.39 is 10.8 Å². The zero-order valence-corrected chi connectivity index (χ0v) is 15.7. The molecule has 5 heteroatoms. The molecule has 0 fully saturated rings. The lowest BCUT2D eigenvalue weighted by Gasteiger charge is -2.11. The van der Waals surface area contributed by atoms with Crippen LogP contribution in [-0.4, -0.2) is 21.0 Å². The molecule has 5 nitrogen and oxygen atoms in total. The van der Waals surface area contributed by atoms with Gasteiger partial charge in [0.25, 0.3) is 0 Å². The van der Waals surface area contributed by atoms with E-state index in [4.69, 9.17) is 10.2 Å². The van der Waals surface area contributed by atoms with Gasteiger partial charge in [0.15, 0.2) is 0 Å². The van der Waals surface area contributed by atoms with Crippen molar-refractivity contribution in [1.82, 2.24) is 0 Å². The maximum absolute atomic E-state index is 10.3. The summed E-state index contributed by atoms with van der Waals surface area (Å²) in [7, 11) is 0. The number of unbranched alkanes of at least 4 members (excludes halogenated alkanes) is 15. The van der Waals surface area contributed by atoms with Gasteiger partial charge in [-0.25, -0.2) is 0 Å². The van der Waals surface area contributed by atoms with E-state index in [9.17, 15) is 10.1 Å². The first-order chi connectivity index (χ1) is 11.5. The van der Waals surface area contributed by atoms with E-state index in [0.29, 0.717) is 6.42 Å². The van der Waals surface area contributed by atoms with Crippen LogP contribution in [0.2, 0.25) is 0 Å². The van der Waals surface area contributed by atoms with Crippen LogP contribution in [-0.2, 0) is 0 Å². The molecule has 144 valence electrons. The van der Waals surface area contributed by atoms with Crippen LogP contribution >= 0.6 is 0 Å². The summed E-state index contributed by atoms with van der Waals surface area (Å²) in [5.74, 6) is -2.74. The Morgan fingerprint density at radius 1 is 0.667 bits per heavy atom. The standard InChI is InChI=1S/C19H39NO4/c1-2-3-4-5-6-7-8-9-10-11-12-13-14-15-16-17-18-19(21,22)20(23)24/h21-22H,2-18H2,1H3. The van der Waals surface area contributed by atoms with E-state index in [1.807, 2.05) is 0 Å². The fourth-order valence-corrected chi connectivity index (χ4v) is 3.00. The lowest BCUT2D eigenvalue weighted by atomic mass is 10.0. The number of nitrogens with zero attached hydrogens (tertiary/aromatic N) is 1. The van der Waals surface area contributed by atoms with Crippen molar-refractivity contribution in [1.29, 1.82) is 0 Å². The van der Waals surface area contributed by atoms with Gasteiger partial charge in [0, 0.05) is 0 Å². The van der Waals surface area contributed by atoms with E-state index in [-0.39, 0.29) is 6.42 Å². The highest BCUT2D eigenvalue weighted by molar-refractivity contribution is 4.53. The van der Waals surface area contributed by atoms with Gasteiger partial charge in [-0.1, -0.05) is 103 Å². The van der Waals surface area contributed by atoms with Crippen LogP contribution in [0.4, 0.5) is 0 Å². The van der Waals surface area contributed by atoms with Crippen LogP contribution in [0.3, 0.4) is 0 Å². The Labute approximate surface area is 148 Å². The molecule has 0 saturated carbocycles. The minimum Gasteiger partial charge on any atom is -0.307 e. The Kier molecular flexibility index (Phi) is 15.4. The Hall–Kier alpha value is -0.680. The second kappa shape index (κ2) is 15.8. The molecule has 0 aromatic carbocycles. The third-order valence-electron chi connectivity index (χ3n) is 4.66. The number of hydrogen-bond acceptors (Lipinski definition) is 4. The lowest BCUT2D eigenvalue weighted by molar-refractivity contribution is -0.684. The molecule has 0 saturated heterocycles. The van der Waals surface area contributed by atoms with E-state index in [0.717, 1.165) is 19.3 Å². The molecule has 0 radical (unpaired) electrons. The summed E-state index contributed by atoms with van der Waals surface area (Å²) < 4.78 is 0. The highest BCUT2D eigenvalue weighted by Gasteiger charge is 2.36. The highest BCUT2D eigenvalue weighted by atomic mass is 16.7. The molecule has 0 aromatic rings. The Balaban J connectivity index is 3.14. The van der Waals surface area contributed by atoms with Crippen LogP contribution in [0.1, 0.15) is 116 Å². The van der Waals surface area contributed by atoms with Crippen molar-refractivity contribution < 1.29 is 15.1 Å². The van der Waals surface area contributed by atoms with Crippen molar-refractivity contribution in [2.75, 3.05) is 0 Å². The summed E-state index contributed by atoms with van der Waals surface area (Å²) in [4.78, 5) is 9.29. The summed E-state index contributed by atoms with van der Waals surface area (Å²) in [6.07, 6.45) is 19.5. The lowest BCUT2D eigenvalue weighted by Crippen LogP contribution is -2.37. The Morgan fingerprint density at radius 3 is 1.25 bits per heavy atom. The molecule has 0 aromatic heterocycles. The topological polar surface area (TPSA) is 83.6 Å². The quantitative estimate of drug-likeness (QED) is 0.147. The van der Waals surface area contributed by atoms with Crippen LogP contribution in [0.5, 0.6) is 0 Å². The normalized spacial score (nSPS) is 11.8. The molecule has 2 N–H and O–H groups in total. The van der Waals surface area contributed by atoms with Gasteiger partial charge >= 0.3 is 5.91 Å². The SMILES string of the molecule is CCCCCCCCCCCCCCCCCCC(O)(O)[N+](=O)[O-]. The second-order valence-electron chi connectivity index (χ2n) is 7.08. The fourth-order valence-electron chi connectivity index (χ4n) is 3.00. The fraction of sp³-hybridized carbons (Fsp3) is 1.00. The van der Waals surface area contributed by atoms with Crippen molar-refractivity contribution in [2.45, 2.75) is 122 Å². The third-order valence-corrected chi connectivity index (χ3v) is 4.66. The molecule has 0 heterocycles. The van der Waals surface area contributed by atoms with Gasteiger partial charge in [-0.15, -0.1) is 0 Å². The van der Waals surface area contributed by atoms with Crippen LogP contribution in [0.15, 0.2) is 0 Å². The minimum absolute atomic E-state index is 0.182. The van der Waals surface area contributed by atoms with Crippen LogP contribution in [0, 0.1) is 10.1 Å². The minimum atomic E-state index is -2.74. The maximum atomic E-state index is 10.3. The van der Waals surface area contributed by atoms with Crippen LogP contribution < -0.4 is 0 Å². The van der Waals surface area contributed by atoms with Gasteiger partial charge in [0.1, 0.15) is 0 Å². The third kappa shape index (κ3) is 14.9. The van der Waals surface area contributed by atoms with Gasteiger partial charge in [-0.3, -0.25) is 10.1 Å². The summed E-state index contributed by atoms with van der Waals surface area (Å²) >= 11 is 0. The molecule has 0 bridgehead atoms. The molecule has 0 amide bonds. The molecule has 0 rings (SSSR count). The maximum Gasteiger partial charge on any atom is 0.437 e. The Bertz CT molecular complexity index is 295. The highest BCUT2D eigenvalue weighted by Crippen LogP contribution is 2.16. The van der Waals surface area contributed by atoms with Gasteiger partial charge < -0.3 is 10.2 Å². The largest absolute Gasteiger partial charge is 0.437 e. The van der Waals surface area contributed by atoms with Gasteiger partial charge in [-0.05, 0) is 6.42 Å². The summed E-state index contributed by atoms with van der Waals surface area (Å²) in [5.41, 5.74) is 0. The zero-order valence-electron chi connectivity index (χ0n) is 15.7. The first kappa shape index (κ1) is 23.3. The zero-order chi connectivity index (χ0) is 18.1.